The van der Waals surface area contributed by atoms with Gasteiger partial charge in [0.15, 0.2) is 0 Å². The molecule has 2 aliphatic rings. The van der Waals surface area contributed by atoms with Crippen molar-refractivity contribution in [2.24, 2.45) is 0 Å². The number of halogens is 2. The minimum Gasteiger partial charge on any atom is -0.314 e. The van der Waals surface area contributed by atoms with Crippen molar-refractivity contribution in [2.75, 3.05) is 26.2 Å². The van der Waals surface area contributed by atoms with Crippen LogP contribution in [0.5, 0.6) is 0 Å². The van der Waals surface area contributed by atoms with E-state index in [1.807, 2.05) is 0 Å². The number of nitrogens with one attached hydrogen (secondary N) is 1. The zero-order chi connectivity index (χ0) is 13.4. The molecule has 2 atom stereocenters. The summed E-state index contributed by atoms with van der Waals surface area (Å²) in [5, 5.41) is 3.54. The molecule has 22 heavy (non-hydrogen) atoms. The quantitative estimate of drug-likeness (QED) is 0.855. The van der Waals surface area contributed by atoms with Crippen molar-refractivity contribution in [1.82, 2.24) is 10.2 Å². The molecule has 0 saturated carbocycles. The molecule has 118 valence electrons. The summed E-state index contributed by atoms with van der Waals surface area (Å²) in [5.41, 5.74) is 4.47. The summed E-state index contributed by atoms with van der Waals surface area (Å²) < 4.78 is 0. The van der Waals surface area contributed by atoms with Gasteiger partial charge < -0.3 is 5.32 Å². The third-order valence-electron chi connectivity index (χ3n) is 4.70. The van der Waals surface area contributed by atoms with E-state index in [4.69, 9.17) is 0 Å². The first-order chi connectivity index (χ1) is 9.93. The van der Waals surface area contributed by atoms with Gasteiger partial charge in [-0.1, -0.05) is 54.6 Å². The second-order valence-electron chi connectivity index (χ2n) is 5.81. The zero-order valence-corrected chi connectivity index (χ0v) is 14.1. The van der Waals surface area contributed by atoms with Crippen molar-refractivity contribution < 1.29 is 0 Å². The highest BCUT2D eigenvalue weighted by Gasteiger charge is 2.34. The van der Waals surface area contributed by atoms with Crippen molar-refractivity contribution in [3.63, 3.8) is 0 Å². The molecule has 4 rings (SSSR count). The molecule has 1 fully saturated rings. The maximum Gasteiger partial charge on any atom is 0.0476 e. The van der Waals surface area contributed by atoms with Gasteiger partial charge in [-0.3, -0.25) is 4.90 Å². The van der Waals surface area contributed by atoms with Crippen molar-refractivity contribution in [3.05, 3.63) is 71.3 Å². The van der Waals surface area contributed by atoms with Crippen molar-refractivity contribution >= 4 is 24.8 Å². The lowest BCUT2D eigenvalue weighted by Gasteiger charge is -2.44. The van der Waals surface area contributed by atoms with Gasteiger partial charge in [0.05, 0.1) is 0 Å². The Morgan fingerprint density at radius 2 is 1.55 bits per heavy atom. The molecule has 2 heterocycles. The summed E-state index contributed by atoms with van der Waals surface area (Å²) in [6.45, 7) is 4.49. The Morgan fingerprint density at radius 1 is 0.864 bits per heavy atom. The summed E-state index contributed by atoms with van der Waals surface area (Å²) in [6.07, 6.45) is 0. The molecular formula is C18H22Cl2N2. The van der Waals surface area contributed by atoms with Gasteiger partial charge >= 0.3 is 0 Å². The maximum atomic E-state index is 3.54. The lowest BCUT2D eigenvalue weighted by molar-refractivity contribution is 0.143. The Balaban J connectivity index is 0.000000882. The Bertz CT molecular complexity index is 603. The van der Waals surface area contributed by atoms with E-state index in [9.17, 15) is 0 Å². The highest BCUT2D eigenvalue weighted by atomic mass is 35.5. The van der Waals surface area contributed by atoms with E-state index in [1.54, 1.807) is 0 Å². The standard InChI is InChI=1S/C18H20N2.2ClH/c1-2-6-14(7-3-1)17-13-20-11-10-19-12-18(20)16-9-5-4-8-15(16)17;;/h1-9,17-19H,10-13H2;2*1H/t17-,18+;;/m1../s1. The average molecular weight is 337 g/mol. The van der Waals surface area contributed by atoms with Gasteiger partial charge in [0.1, 0.15) is 0 Å². The summed E-state index contributed by atoms with van der Waals surface area (Å²) in [4.78, 5) is 2.65. The summed E-state index contributed by atoms with van der Waals surface area (Å²) >= 11 is 0. The maximum absolute atomic E-state index is 3.54. The molecule has 0 spiro atoms. The fourth-order valence-electron chi connectivity index (χ4n) is 3.71. The van der Waals surface area contributed by atoms with Gasteiger partial charge in [-0.05, 0) is 16.7 Å². The van der Waals surface area contributed by atoms with E-state index in [2.05, 4.69) is 64.8 Å². The van der Waals surface area contributed by atoms with Crippen LogP contribution in [-0.4, -0.2) is 31.1 Å². The predicted molar refractivity (Wildman–Crippen MR) is 96.4 cm³/mol. The van der Waals surface area contributed by atoms with Gasteiger partial charge in [-0.25, -0.2) is 0 Å². The number of piperazine rings is 1. The predicted octanol–water partition coefficient (Wildman–Crippen LogP) is 3.62. The van der Waals surface area contributed by atoms with Gasteiger partial charge in [-0.15, -0.1) is 24.8 Å². The van der Waals surface area contributed by atoms with Crippen LogP contribution >= 0.6 is 24.8 Å². The molecule has 0 radical (unpaired) electrons. The second kappa shape index (κ2) is 7.47. The number of fused-ring (bicyclic) bond motifs is 3. The Labute approximate surface area is 144 Å². The molecule has 2 aromatic carbocycles. The normalized spacial score (nSPS) is 23.5. The van der Waals surface area contributed by atoms with Crippen molar-refractivity contribution in [2.45, 2.75) is 12.0 Å². The van der Waals surface area contributed by atoms with Crippen LogP contribution in [0.4, 0.5) is 0 Å². The summed E-state index contributed by atoms with van der Waals surface area (Å²) in [7, 11) is 0. The molecule has 0 aliphatic carbocycles. The van der Waals surface area contributed by atoms with Gasteiger partial charge in [-0.2, -0.15) is 0 Å². The topological polar surface area (TPSA) is 15.3 Å². The third-order valence-corrected chi connectivity index (χ3v) is 4.70. The Hall–Kier alpha value is -1.06. The molecule has 1 N–H and O–H groups in total. The number of hydrogen-bond acceptors (Lipinski definition) is 2. The molecule has 1 saturated heterocycles. The average Bonchev–Trinajstić information content (AvgIpc) is 2.55. The number of nitrogens with zero attached hydrogens (tertiary/aromatic N) is 1. The van der Waals surface area contributed by atoms with Crippen LogP contribution < -0.4 is 5.32 Å². The van der Waals surface area contributed by atoms with Gasteiger partial charge in [0, 0.05) is 38.1 Å². The molecule has 0 amide bonds. The third kappa shape index (κ3) is 3.02. The Morgan fingerprint density at radius 3 is 2.32 bits per heavy atom. The highest BCUT2D eigenvalue weighted by Crippen LogP contribution is 2.39. The molecule has 2 aliphatic heterocycles. The largest absolute Gasteiger partial charge is 0.314 e. The monoisotopic (exact) mass is 336 g/mol. The fraction of sp³-hybridized carbons (Fsp3) is 0.333. The van der Waals surface area contributed by atoms with Crippen LogP contribution in [0.25, 0.3) is 0 Å². The van der Waals surface area contributed by atoms with Gasteiger partial charge in [0.2, 0.25) is 0 Å². The second-order valence-corrected chi connectivity index (χ2v) is 5.81. The first-order valence-electron chi connectivity index (χ1n) is 7.52. The minimum absolute atomic E-state index is 0. The van der Waals surface area contributed by atoms with Crippen LogP contribution in [0.1, 0.15) is 28.7 Å². The molecule has 2 aromatic rings. The lowest BCUT2D eigenvalue weighted by atomic mass is 9.81. The van der Waals surface area contributed by atoms with Crippen LogP contribution in [0, 0.1) is 0 Å². The molecule has 4 heteroatoms. The first-order valence-corrected chi connectivity index (χ1v) is 7.52. The number of benzene rings is 2. The Kier molecular flexibility index (Phi) is 5.87. The summed E-state index contributed by atoms with van der Waals surface area (Å²) in [6, 6.07) is 20.5. The number of hydrogen-bond donors (Lipinski definition) is 1. The van der Waals surface area contributed by atoms with E-state index in [1.165, 1.54) is 16.7 Å². The summed E-state index contributed by atoms with van der Waals surface area (Å²) in [5.74, 6) is 0.516. The number of rotatable bonds is 1. The van der Waals surface area contributed by atoms with Gasteiger partial charge in [0.25, 0.3) is 0 Å². The van der Waals surface area contributed by atoms with Crippen LogP contribution in [0.15, 0.2) is 54.6 Å². The van der Waals surface area contributed by atoms with Crippen LogP contribution in [0.3, 0.4) is 0 Å². The van der Waals surface area contributed by atoms with E-state index >= 15 is 0 Å². The van der Waals surface area contributed by atoms with E-state index in [0.29, 0.717) is 12.0 Å². The minimum atomic E-state index is 0. The van der Waals surface area contributed by atoms with E-state index in [0.717, 1.165) is 26.2 Å². The first kappa shape index (κ1) is 17.3. The highest BCUT2D eigenvalue weighted by molar-refractivity contribution is 5.85. The van der Waals surface area contributed by atoms with Crippen molar-refractivity contribution in [3.8, 4) is 0 Å². The van der Waals surface area contributed by atoms with E-state index < -0.39 is 0 Å². The fourth-order valence-corrected chi connectivity index (χ4v) is 3.71. The van der Waals surface area contributed by atoms with Crippen molar-refractivity contribution in [1.29, 1.82) is 0 Å². The smallest absolute Gasteiger partial charge is 0.0476 e. The molecule has 0 aromatic heterocycles. The zero-order valence-electron chi connectivity index (χ0n) is 12.4. The van der Waals surface area contributed by atoms with E-state index in [-0.39, 0.29) is 24.8 Å². The molecular weight excluding hydrogens is 315 g/mol. The lowest BCUT2D eigenvalue weighted by Crippen LogP contribution is -2.50. The molecule has 0 bridgehead atoms. The molecule has 0 unspecified atom stereocenters. The van der Waals surface area contributed by atoms with Crippen LogP contribution in [0.2, 0.25) is 0 Å². The van der Waals surface area contributed by atoms with Crippen LogP contribution in [-0.2, 0) is 0 Å². The SMILES string of the molecule is Cl.Cl.c1ccc([C@H]2CN3CCNC[C@H]3c3ccccc32)cc1. The molecule has 2 nitrogen and oxygen atoms in total.